The first-order valence-corrected chi connectivity index (χ1v) is 18.6. The number of ether oxygens (including phenoxy) is 7. The molecule has 6 rings (SSSR count). The van der Waals surface area contributed by atoms with Gasteiger partial charge in [0.05, 0.1) is 52.9 Å². The van der Waals surface area contributed by atoms with Crippen molar-refractivity contribution < 1.29 is 62.5 Å². The van der Waals surface area contributed by atoms with Gasteiger partial charge in [-0.05, 0) is 55.6 Å². The van der Waals surface area contributed by atoms with E-state index >= 15 is 0 Å². The molecule has 56 heavy (non-hydrogen) atoms. The minimum Gasteiger partial charge on any atom is -0.478 e. The number of carboxylic acid groups (broad SMARTS) is 1. The monoisotopic (exact) mass is 784 g/mol. The number of hydrogen-bond acceptors (Lipinski definition) is 12. The molecule has 0 aromatic carbocycles. The number of nitrogens with zero attached hydrogens (tertiary/aromatic N) is 2. The van der Waals surface area contributed by atoms with Crippen LogP contribution in [0.15, 0.2) is 47.6 Å². The number of allylic oxidation sites excluding steroid dienone is 4. The first kappa shape index (κ1) is 46.1. The van der Waals surface area contributed by atoms with Crippen LogP contribution in [0.2, 0.25) is 0 Å². The zero-order chi connectivity index (χ0) is 39.5. The lowest BCUT2D eigenvalue weighted by molar-refractivity contribution is -0.162. The zero-order valence-electron chi connectivity index (χ0n) is 31.6. The summed E-state index contributed by atoms with van der Waals surface area (Å²) in [6, 6.07) is 0. The van der Waals surface area contributed by atoms with Crippen LogP contribution in [0.25, 0.3) is 0 Å². The number of carboxylic acids is 1. The second-order valence-corrected chi connectivity index (χ2v) is 13.3. The number of esters is 1. The number of aliphatic hydroxyl groups excluding tert-OH is 1. The van der Waals surface area contributed by atoms with Crippen LogP contribution in [0.5, 0.6) is 0 Å². The summed E-state index contributed by atoms with van der Waals surface area (Å²) in [7, 11) is 0. The lowest BCUT2D eigenvalue weighted by Gasteiger charge is -2.30. The quantitative estimate of drug-likeness (QED) is 0.236. The summed E-state index contributed by atoms with van der Waals surface area (Å²) in [5.41, 5.74) is 1.96. The fraction of sp³-hybridized carbons (Fsp3) is 0.610. The van der Waals surface area contributed by atoms with E-state index < -0.39 is 35.7 Å². The summed E-state index contributed by atoms with van der Waals surface area (Å²) < 4.78 is 38.1. The molecule has 15 heteroatoms. The van der Waals surface area contributed by atoms with Crippen molar-refractivity contribution in [1.82, 2.24) is 9.80 Å². The lowest BCUT2D eigenvalue weighted by atomic mass is 9.93. The van der Waals surface area contributed by atoms with Gasteiger partial charge in [-0.1, -0.05) is 37.7 Å². The Labute approximate surface area is 329 Å². The van der Waals surface area contributed by atoms with Gasteiger partial charge in [-0.2, -0.15) is 0 Å². The van der Waals surface area contributed by atoms with Gasteiger partial charge in [0, 0.05) is 64.0 Å². The van der Waals surface area contributed by atoms with Crippen molar-refractivity contribution in [2.24, 2.45) is 0 Å². The number of aliphatic hydroxyl groups is 1. The predicted octanol–water partition coefficient (Wildman–Crippen LogP) is 2.54. The van der Waals surface area contributed by atoms with Gasteiger partial charge >= 0.3 is 11.9 Å². The van der Waals surface area contributed by atoms with Gasteiger partial charge in [0.25, 0.3) is 11.8 Å². The number of hydrogen-bond donors (Lipinski definition) is 2. The number of morpholine rings is 2. The molecule has 0 aromatic rings. The van der Waals surface area contributed by atoms with Crippen LogP contribution < -0.4 is 0 Å². The number of carbonyl (C=O) groups excluding carboxylic acids is 3. The number of carbonyl (C=O) groups is 4. The van der Waals surface area contributed by atoms with Gasteiger partial charge in [-0.3, -0.25) is 9.59 Å². The molecule has 4 heterocycles. The van der Waals surface area contributed by atoms with Crippen molar-refractivity contribution in [3.8, 4) is 23.7 Å². The van der Waals surface area contributed by atoms with E-state index in [9.17, 15) is 19.2 Å². The predicted molar refractivity (Wildman–Crippen MR) is 203 cm³/mol. The van der Waals surface area contributed by atoms with Crippen molar-refractivity contribution in [2.75, 3.05) is 79.0 Å². The third kappa shape index (κ3) is 16.0. The number of aliphatic carboxylic acids is 1. The highest BCUT2D eigenvalue weighted by Crippen LogP contribution is 2.37. The van der Waals surface area contributed by atoms with Crippen LogP contribution in [0.1, 0.15) is 59.8 Å². The van der Waals surface area contributed by atoms with Crippen LogP contribution in [-0.2, 0) is 52.3 Å². The zero-order valence-corrected chi connectivity index (χ0v) is 31.6. The molecule has 2 atom stereocenters. The molecule has 0 bridgehead atoms. The normalized spacial score (nSPS) is 22.0. The van der Waals surface area contributed by atoms with E-state index in [-0.39, 0.29) is 19.2 Å². The van der Waals surface area contributed by atoms with E-state index in [1.54, 1.807) is 28.9 Å². The van der Waals surface area contributed by atoms with Gasteiger partial charge in [-0.25, -0.2) is 9.59 Å². The Morgan fingerprint density at radius 1 is 0.714 bits per heavy atom. The summed E-state index contributed by atoms with van der Waals surface area (Å²) in [4.78, 5) is 48.9. The van der Waals surface area contributed by atoms with E-state index in [2.05, 4.69) is 29.8 Å². The third-order valence-electron chi connectivity index (χ3n) is 8.97. The molecule has 0 radical (unpaired) electrons. The van der Waals surface area contributed by atoms with Crippen molar-refractivity contribution >= 4 is 23.8 Å². The van der Waals surface area contributed by atoms with E-state index in [1.165, 1.54) is 13.0 Å². The Balaban J connectivity index is 0.000000245. The maximum atomic E-state index is 12.0. The second kappa shape index (κ2) is 23.7. The van der Waals surface area contributed by atoms with Crippen LogP contribution in [0.3, 0.4) is 0 Å². The smallest absolute Gasteiger partial charge is 0.331 e. The first-order valence-electron chi connectivity index (χ1n) is 18.6. The Kier molecular flexibility index (Phi) is 19.5. The Morgan fingerprint density at radius 2 is 1.14 bits per heavy atom. The second-order valence-electron chi connectivity index (χ2n) is 13.3. The highest BCUT2D eigenvalue weighted by molar-refractivity contribution is 5.94. The van der Waals surface area contributed by atoms with Crippen LogP contribution in [0, 0.1) is 23.7 Å². The standard InChI is InChI=1S/C20H25NO6.C11H14O4.C9H13NO3.CH4/c1-16(4-6-18(22)21-9-11-24-12-10-21)27-19(23)7-5-17-3-2-8-20(15-17)25-13-14-26-20;12-10(13)4-3-9-2-1-5-11(8-9)14-6-7-15-11;1-8(11)2-3-9(12)10-4-6-13-7-5-10;/h3,5,7,16H,2,8-15H2,1H3;2-4H,1,5-8H2,(H,12,13);8,11H,4-7H2,1H3;1H4/b7-5+;4-3+;;/t16-;;8-;/m1.1./s1. The van der Waals surface area contributed by atoms with E-state index in [0.717, 1.165) is 42.9 Å². The third-order valence-corrected chi connectivity index (χ3v) is 8.97. The Bertz CT molecular complexity index is 1570. The highest BCUT2D eigenvalue weighted by atomic mass is 16.7. The van der Waals surface area contributed by atoms with Crippen LogP contribution in [-0.4, -0.2) is 147 Å². The highest BCUT2D eigenvalue weighted by Gasteiger charge is 2.39. The van der Waals surface area contributed by atoms with E-state index in [1.807, 2.05) is 6.08 Å². The molecular formula is C41H56N2O13. The fourth-order valence-corrected chi connectivity index (χ4v) is 6.26. The van der Waals surface area contributed by atoms with E-state index in [0.29, 0.717) is 91.9 Å². The van der Waals surface area contributed by atoms with Gasteiger partial charge in [0.1, 0.15) is 6.10 Å². The molecule has 2 spiro atoms. The van der Waals surface area contributed by atoms with Crippen molar-refractivity contribution in [2.45, 2.75) is 83.6 Å². The molecule has 0 aromatic heterocycles. The summed E-state index contributed by atoms with van der Waals surface area (Å²) in [5.74, 6) is 7.07. The molecular weight excluding hydrogens is 728 g/mol. The first-order chi connectivity index (χ1) is 26.5. The van der Waals surface area contributed by atoms with Crippen molar-refractivity contribution in [1.29, 1.82) is 0 Å². The minimum absolute atomic E-state index is 0. The Hall–Kier alpha value is -4.32. The largest absolute Gasteiger partial charge is 0.478 e. The van der Waals surface area contributed by atoms with Gasteiger partial charge < -0.3 is 53.2 Å². The molecule has 15 nitrogen and oxygen atoms in total. The van der Waals surface area contributed by atoms with Gasteiger partial charge in [0.15, 0.2) is 17.7 Å². The molecule has 4 saturated heterocycles. The molecule has 6 aliphatic rings. The maximum absolute atomic E-state index is 12.0. The summed E-state index contributed by atoms with van der Waals surface area (Å²) in [5, 5.41) is 17.4. The maximum Gasteiger partial charge on any atom is 0.331 e. The summed E-state index contributed by atoms with van der Waals surface area (Å²) >= 11 is 0. The lowest BCUT2D eigenvalue weighted by Crippen LogP contribution is -2.40. The van der Waals surface area contributed by atoms with Crippen LogP contribution >= 0.6 is 0 Å². The molecule has 2 N–H and O–H groups in total. The number of amides is 2. The SMILES string of the molecule is C.C[C@@H](O)C#CC(=O)N1CCOCC1.C[C@H](C#CC(=O)N1CCOCC1)OC(=O)/C=C/C1=CCCC2(C1)OCCO2.O=C(O)/C=C/C1=CCCC2(C1)OCCO2. The van der Waals surface area contributed by atoms with E-state index in [4.69, 9.17) is 43.4 Å². The number of rotatable bonds is 5. The molecule has 0 unspecified atom stereocenters. The van der Waals surface area contributed by atoms with Gasteiger partial charge in [-0.15, -0.1) is 0 Å². The van der Waals surface area contributed by atoms with Gasteiger partial charge in [0.2, 0.25) is 0 Å². The summed E-state index contributed by atoms with van der Waals surface area (Å²) in [6.07, 6.45) is 13.3. The molecule has 2 amide bonds. The molecule has 0 saturated carbocycles. The van der Waals surface area contributed by atoms with Crippen molar-refractivity contribution in [3.63, 3.8) is 0 Å². The summed E-state index contributed by atoms with van der Waals surface area (Å²) in [6.45, 7) is 10.1. The topological polar surface area (TPSA) is 180 Å². The fourth-order valence-electron chi connectivity index (χ4n) is 6.26. The average Bonchev–Trinajstić information content (AvgIpc) is 3.84. The molecule has 308 valence electrons. The minimum atomic E-state index is -0.927. The molecule has 2 aliphatic carbocycles. The average molecular weight is 785 g/mol. The van der Waals surface area contributed by atoms with Crippen LogP contribution in [0.4, 0.5) is 0 Å². The Morgan fingerprint density at radius 3 is 1.57 bits per heavy atom. The molecule has 4 fully saturated rings. The molecule has 4 aliphatic heterocycles. The van der Waals surface area contributed by atoms with Crippen molar-refractivity contribution in [3.05, 3.63) is 47.6 Å².